The van der Waals surface area contributed by atoms with E-state index in [1.165, 1.54) is 16.2 Å². The molecule has 10 heavy (non-hydrogen) atoms. The van der Waals surface area contributed by atoms with Gasteiger partial charge in [-0.2, -0.15) is 11.3 Å². The smallest absolute Gasteiger partial charge is 0.0225 e. The Kier molecular flexibility index (Phi) is 1.97. The first kappa shape index (κ1) is 6.70. The highest BCUT2D eigenvalue weighted by Gasteiger charge is 2.06. The first-order valence-electron chi connectivity index (χ1n) is 3.35. The summed E-state index contributed by atoms with van der Waals surface area (Å²) >= 11 is 3.77. The third-order valence-electron chi connectivity index (χ3n) is 1.55. The first-order chi connectivity index (χ1) is 4.97. The molecule has 1 nitrogen and oxygen atoms in total. The average molecular weight is 171 g/mol. The molecule has 0 radical (unpaired) electrons. The van der Waals surface area contributed by atoms with Crippen LogP contribution in [-0.4, -0.2) is 12.3 Å². The Morgan fingerprint density at radius 2 is 2.40 bits per heavy atom. The molecule has 0 atom stereocenters. The number of hydrogen-bond donors (Lipinski definition) is 1. The summed E-state index contributed by atoms with van der Waals surface area (Å²) < 4.78 is 0. The molecule has 54 valence electrons. The summed E-state index contributed by atoms with van der Waals surface area (Å²) in [6.07, 6.45) is 0. The van der Waals surface area contributed by atoms with E-state index >= 15 is 0 Å². The van der Waals surface area contributed by atoms with E-state index in [4.69, 9.17) is 0 Å². The van der Waals surface area contributed by atoms with Gasteiger partial charge < -0.3 is 5.32 Å². The molecule has 3 heteroatoms. The third-order valence-corrected chi connectivity index (χ3v) is 3.59. The molecule has 2 heterocycles. The van der Waals surface area contributed by atoms with Crippen LogP contribution in [0.2, 0.25) is 0 Å². The lowest BCUT2D eigenvalue weighted by atomic mass is 10.3. The molecule has 0 fully saturated rings. The molecule has 1 aliphatic heterocycles. The van der Waals surface area contributed by atoms with Crippen molar-refractivity contribution < 1.29 is 0 Å². The number of thioether (sulfide) groups is 1. The highest BCUT2D eigenvalue weighted by molar-refractivity contribution is 7.99. The standard InChI is InChI=1S/C7H9NS2/c1-2-10-7-5-9-4-6(7)3-8-1/h4-5,8H,1-3H2. The summed E-state index contributed by atoms with van der Waals surface area (Å²) in [6, 6.07) is 0. The zero-order chi connectivity index (χ0) is 6.81. The minimum absolute atomic E-state index is 1.06. The van der Waals surface area contributed by atoms with Gasteiger partial charge in [0.25, 0.3) is 0 Å². The molecule has 1 N–H and O–H groups in total. The number of fused-ring (bicyclic) bond motifs is 1. The van der Waals surface area contributed by atoms with Crippen LogP contribution in [0.1, 0.15) is 5.56 Å². The summed E-state index contributed by atoms with van der Waals surface area (Å²) in [5.74, 6) is 1.21. The number of rotatable bonds is 0. The van der Waals surface area contributed by atoms with Crippen LogP contribution in [0.3, 0.4) is 0 Å². The molecule has 0 amide bonds. The maximum atomic E-state index is 3.38. The molecule has 1 aromatic rings. The van der Waals surface area contributed by atoms with Gasteiger partial charge in [0.2, 0.25) is 0 Å². The zero-order valence-electron chi connectivity index (χ0n) is 5.59. The minimum Gasteiger partial charge on any atom is -0.312 e. The molecule has 0 spiro atoms. The van der Waals surface area contributed by atoms with Gasteiger partial charge in [0.15, 0.2) is 0 Å². The largest absolute Gasteiger partial charge is 0.312 e. The van der Waals surface area contributed by atoms with Crippen LogP contribution in [0.25, 0.3) is 0 Å². The Hall–Kier alpha value is 0.01000. The number of hydrogen-bond acceptors (Lipinski definition) is 3. The minimum atomic E-state index is 1.06. The summed E-state index contributed by atoms with van der Waals surface area (Å²) in [6.45, 7) is 2.20. The van der Waals surface area contributed by atoms with Crippen molar-refractivity contribution in [3.8, 4) is 0 Å². The van der Waals surface area contributed by atoms with Gasteiger partial charge in [-0.3, -0.25) is 0 Å². The summed E-state index contributed by atoms with van der Waals surface area (Å²) in [5.41, 5.74) is 1.48. The monoisotopic (exact) mass is 171 g/mol. The molecule has 0 bridgehead atoms. The average Bonchev–Trinajstić information content (AvgIpc) is 2.28. The van der Waals surface area contributed by atoms with Crippen molar-refractivity contribution >= 4 is 23.1 Å². The second-order valence-corrected chi connectivity index (χ2v) is 4.17. The van der Waals surface area contributed by atoms with Crippen LogP contribution in [0.5, 0.6) is 0 Å². The normalized spacial score (nSPS) is 18.0. The molecule has 1 aromatic heterocycles. The van der Waals surface area contributed by atoms with Crippen molar-refractivity contribution in [1.29, 1.82) is 0 Å². The van der Waals surface area contributed by atoms with Crippen LogP contribution in [0.15, 0.2) is 15.7 Å². The summed E-state index contributed by atoms with van der Waals surface area (Å²) in [5, 5.41) is 7.86. The molecule has 2 rings (SSSR count). The highest BCUT2D eigenvalue weighted by Crippen LogP contribution is 2.27. The van der Waals surface area contributed by atoms with Gasteiger partial charge >= 0.3 is 0 Å². The molecular weight excluding hydrogens is 162 g/mol. The Balaban J connectivity index is 2.28. The quantitative estimate of drug-likeness (QED) is 0.640. The van der Waals surface area contributed by atoms with E-state index < -0.39 is 0 Å². The molecule has 0 aliphatic carbocycles. The second-order valence-electron chi connectivity index (χ2n) is 2.29. The van der Waals surface area contributed by atoms with Crippen molar-refractivity contribution in [3.05, 3.63) is 16.3 Å². The van der Waals surface area contributed by atoms with Gasteiger partial charge in [0, 0.05) is 29.1 Å². The van der Waals surface area contributed by atoms with Gasteiger partial charge in [-0.15, -0.1) is 11.8 Å². The van der Waals surface area contributed by atoms with E-state index in [0.29, 0.717) is 0 Å². The molecule has 1 aliphatic rings. The SMILES string of the molecule is c1scc2c1CNCCS2. The lowest BCUT2D eigenvalue weighted by molar-refractivity contribution is 0.734. The van der Waals surface area contributed by atoms with E-state index in [-0.39, 0.29) is 0 Å². The fourth-order valence-electron chi connectivity index (χ4n) is 1.02. The van der Waals surface area contributed by atoms with Crippen molar-refractivity contribution in [3.63, 3.8) is 0 Å². The van der Waals surface area contributed by atoms with Gasteiger partial charge in [-0.1, -0.05) is 0 Å². The van der Waals surface area contributed by atoms with Crippen LogP contribution in [0.4, 0.5) is 0 Å². The lowest BCUT2D eigenvalue weighted by Gasteiger charge is -1.94. The third kappa shape index (κ3) is 1.21. The van der Waals surface area contributed by atoms with Crippen LogP contribution in [-0.2, 0) is 6.54 Å². The highest BCUT2D eigenvalue weighted by atomic mass is 32.2. The summed E-state index contributed by atoms with van der Waals surface area (Å²) in [7, 11) is 0. The van der Waals surface area contributed by atoms with Crippen LogP contribution < -0.4 is 5.32 Å². The predicted octanol–water partition coefficient (Wildman–Crippen LogP) is 1.94. The van der Waals surface area contributed by atoms with Crippen molar-refractivity contribution in [2.45, 2.75) is 11.4 Å². The van der Waals surface area contributed by atoms with Gasteiger partial charge in [-0.05, 0) is 10.9 Å². The topological polar surface area (TPSA) is 12.0 Å². The zero-order valence-corrected chi connectivity index (χ0v) is 7.23. The van der Waals surface area contributed by atoms with Crippen molar-refractivity contribution in [2.24, 2.45) is 0 Å². The first-order valence-corrected chi connectivity index (χ1v) is 5.28. The number of nitrogens with one attached hydrogen (secondary N) is 1. The Morgan fingerprint density at radius 1 is 1.40 bits per heavy atom. The lowest BCUT2D eigenvalue weighted by Crippen LogP contribution is -2.13. The van der Waals surface area contributed by atoms with Crippen molar-refractivity contribution in [2.75, 3.05) is 12.3 Å². The van der Waals surface area contributed by atoms with Gasteiger partial charge in [-0.25, -0.2) is 0 Å². The number of thiophene rings is 1. The van der Waals surface area contributed by atoms with E-state index in [0.717, 1.165) is 13.1 Å². The molecule has 0 unspecified atom stereocenters. The van der Waals surface area contributed by atoms with E-state index in [9.17, 15) is 0 Å². The van der Waals surface area contributed by atoms with Crippen molar-refractivity contribution in [1.82, 2.24) is 5.32 Å². The Bertz CT molecular complexity index is 199. The predicted molar refractivity (Wildman–Crippen MR) is 46.7 cm³/mol. The molecule has 0 saturated carbocycles. The molecule has 0 saturated heterocycles. The molecular formula is C7H9NS2. The second kappa shape index (κ2) is 2.95. The van der Waals surface area contributed by atoms with Gasteiger partial charge in [0.1, 0.15) is 0 Å². The Labute approximate surface area is 68.8 Å². The Morgan fingerprint density at radius 3 is 3.40 bits per heavy atom. The summed E-state index contributed by atoms with van der Waals surface area (Å²) in [4.78, 5) is 1.48. The van der Waals surface area contributed by atoms with Gasteiger partial charge in [0.05, 0.1) is 0 Å². The maximum absolute atomic E-state index is 3.38. The van der Waals surface area contributed by atoms with E-state index in [2.05, 4.69) is 16.1 Å². The fourth-order valence-corrected chi connectivity index (χ4v) is 3.04. The van der Waals surface area contributed by atoms with E-state index in [1.807, 2.05) is 11.8 Å². The molecule has 0 aromatic carbocycles. The van der Waals surface area contributed by atoms with E-state index in [1.54, 1.807) is 11.3 Å². The van der Waals surface area contributed by atoms with Crippen LogP contribution >= 0.6 is 23.1 Å². The van der Waals surface area contributed by atoms with Crippen LogP contribution in [0, 0.1) is 0 Å². The fraction of sp³-hybridized carbons (Fsp3) is 0.429. The maximum Gasteiger partial charge on any atom is 0.0225 e.